The number of methoxy groups -OCH3 is 1. The van der Waals surface area contributed by atoms with Gasteiger partial charge in [-0.2, -0.15) is 0 Å². The lowest BCUT2D eigenvalue weighted by Crippen LogP contribution is -2.52. The molecule has 0 bridgehead atoms. The van der Waals surface area contributed by atoms with Gasteiger partial charge in [-0.15, -0.1) is 0 Å². The molecule has 1 fully saturated rings. The van der Waals surface area contributed by atoms with E-state index in [1.165, 1.54) is 0 Å². The van der Waals surface area contributed by atoms with Crippen molar-refractivity contribution in [1.82, 2.24) is 0 Å². The molecule has 1 N–H and O–H groups in total. The van der Waals surface area contributed by atoms with Crippen molar-refractivity contribution in [3.63, 3.8) is 0 Å². The van der Waals surface area contributed by atoms with Crippen LogP contribution in [0.25, 0.3) is 0 Å². The summed E-state index contributed by atoms with van der Waals surface area (Å²) in [5.74, 6) is -0.216. The van der Waals surface area contributed by atoms with Gasteiger partial charge in [-0.05, 0) is 44.4 Å². The standard InChI is InChI=1S/C16H22ClNO3/c1-3-21-15(19)16(9-5-8-14(11-16)20-2)18-13-7-4-6-12(17)10-13/h4,6-7,10,14,18H,3,5,8-9,11H2,1-2H3. The van der Waals surface area contributed by atoms with Gasteiger partial charge in [0.2, 0.25) is 0 Å². The van der Waals surface area contributed by atoms with Crippen LogP contribution in [-0.4, -0.2) is 31.3 Å². The Labute approximate surface area is 130 Å². The molecule has 5 heteroatoms. The molecule has 0 aromatic heterocycles. The Morgan fingerprint density at radius 3 is 3.00 bits per heavy atom. The maximum atomic E-state index is 12.5. The third kappa shape index (κ3) is 3.89. The number of hydrogen-bond acceptors (Lipinski definition) is 4. The summed E-state index contributed by atoms with van der Waals surface area (Å²) in [6.45, 7) is 2.19. The summed E-state index contributed by atoms with van der Waals surface area (Å²) >= 11 is 6.02. The van der Waals surface area contributed by atoms with Crippen LogP contribution in [0.2, 0.25) is 5.02 Å². The summed E-state index contributed by atoms with van der Waals surface area (Å²) in [6.07, 6.45) is 3.29. The summed E-state index contributed by atoms with van der Waals surface area (Å²) in [6, 6.07) is 7.39. The number of ether oxygens (including phenoxy) is 2. The van der Waals surface area contributed by atoms with E-state index >= 15 is 0 Å². The number of rotatable bonds is 5. The third-order valence-electron chi connectivity index (χ3n) is 3.91. The third-order valence-corrected chi connectivity index (χ3v) is 4.15. The van der Waals surface area contributed by atoms with Gasteiger partial charge < -0.3 is 14.8 Å². The van der Waals surface area contributed by atoms with Gasteiger partial charge in [-0.25, -0.2) is 4.79 Å². The lowest BCUT2D eigenvalue weighted by molar-refractivity contribution is -0.151. The Hall–Kier alpha value is -1.26. The number of halogens is 1. The first kappa shape index (κ1) is 16.1. The molecule has 0 amide bonds. The fourth-order valence-corrected chi connectivity index (χ4v) is 3.08. The van der Waals surface area contributed by atoms with Gasteiger partial charge in [0, 0.05) is 24.2 Å². The van der Waals surface area contributed by atoms with Crippen LogP contribution in [0.1, 0.15) is 32.6 Å². The molecule has 21 heavy (non-hydrogen) atoms. The fourth-order valence-electron chi connectivity index (χ4n) is 2.89. The largest absolute Gasteiger partial charge is 0.464 e. The molecule has 0 aliphatic heterocycles. The number of carbonyl (C=O) groups excluding carboxylic acids is 1. The van der Waals surface area contributed by atoms with Crippen molar-refractivity contribution in [3.8, 4) is 0 Å². The number of benzene rings is 1. The predicted molar refractivity (Wildman–Crippen MR) is 83.7 cm³/mol. The smallest absolute Gasteiger partial charge is 0.331 e. The van der Waals surface area contributed by atoms with Gasteiger partial charge in [-0.3, -0.25) is 0 Å². The monoisotopic (exact) mass is 311 g/mol. The molecule has 0 radical (unpaired) electrons. The number of nitrogens with one attached hydrogen (secondary N) is 1. The van der Waals surface area contributed by atoms with Crippen molar-refractivity contribution in [2.24, 2.45) is 0 Å². The van der Waals surface area contributed by atoms with E-state index in [0.29, 0.717) is 18.1 Å². The Bertz CT molecular complexity index is 494. The highest BCUT2D eigenvalue weighted by molar-refractivity contribution is 6.30. The van der Waals surface area contributed by atoms with Gasteiger partial charge in [0.25, 0.3) is 0 Å². The second-order valence-corrected chi connectivity index (χ2v) is 5.83. The predicted octanol–water partition coefficient (Wildman–Crippen LogP) is 3.64. The maximum Gasteiger partial charge on any atom is 0.331 e. The van der Waals surface area contributed by atoms with Crippen LogP contribution in [0, 0.1) is 0 Å². The van der Waals surface area contributed by atoms with E-state index in [-0.39, 0.29) is 12.1 Å². The Morgan fingerprint density at radius 1 is 1.52 bits per heavy atom. The van der Waals surface area contributed by atoms with Crippen LogP contribution in [0.15, 0.2) is 24.3 Å². The Kier molecular flexibility index (Phi) is 5.48. The molecule has 2 atom stereocenters. The molecular formula is C16H22ClNO3. The second-order valence-electron chi connectivity index (χ2n) is 5.39. The topological polar surface area (TPSA) is 47.6 Å². The van der Waals surface area contributed by atoms with Gasteiger partial charge in [-0.1, -0.05) is 17.7 Å². The lowest BCUT2D eigenvalue weighted by atomic mass is 9.79. The molecule has 116 valence electrons. The van der Waals surface area contributed by atoms with E-state index in [1.54, 1.807) is 7.11 Å². The summed E-state index contributed by atoms with van der Waals surface area (Å²) in [4.78, 5) is 12.5. The maximum absolute atomic E-state index is 12.5. The average molecular weight is 312 g/mol. The SMILES string of the molecule is CCOC(=O)C1(Nc2cccc(Cl)c2)CCCC(OC)C1. The van der Waals surface area contributed by atoms with Crippen LogP contribution in [0.4, 0.5) is 5.69 Å². The molecule has 2 unspecified atom stereocenters. The van der Waals surface area contributed by atoms with Gasteiger partial charge in [0.15, 0.2) is 0 Å². The highest BCUT2D eigenvalue weighted by Gasteiger charge is 2.44. The average Bonchev–Trinajstić information content (AvgIpc) is 2.47. The Balaban J connectivity index is 2.25. The quantitative estimate of drug-likeness (QED) is 0.843. The van der Waals surface area contributed by atoms with E-state index in [4.69, 9.17) is 21.1 Å². The number of carbonyl (C=O) groups is 1. The number of anilines is 1. The summed E-state index contributed by atoms with van der Waals surface area (Å²) in [5, 5.41) is 3.98. The zero-order chi connectivity index (χ0) is 15.3. The van der Waals surface area contributed by atoms with Crippen molar-refractivity contribution >= 4 is 23.3 Å². The van der Waals surface area contributed by atoms with Crippen LogP contribution in [0.5, 0.6) is 0 Å². The van der Waals surface area contributed by atoms with Crippen LogP contribution >= 0.6 is 11.6 Å². The zero-order valence-electron chi connectivity index (χ0n) is 12.5. The highest BCUT2D eigenvalue weighted by Crippen LogP contribution is 2.34. The molecule has 1 aliphatic rings. The molecule has 1 aromatic carbocycles. The normalized spacial score (nSPS) is 25.4. The van der Waals surface area contributed by atoms with Gasteiger partial charge >= 0.3 is 5.97 Å². The highest BCUT2D eigenvalue weighted by atomic mass is 35.5. The van der Waals surface area contributed by atoms with E-state index in [2.05, 4.69) is 5.32 Å². The van der Waals surface area contributed by atoms with E-state index in [9.17, 15) is 4.79 Å². The van der Waals surface area contributed by atoms with E-state index in [0.717, 1.165) is 24.9 Å². The minimum Gasteiger partial charge on any atom is -0.464 e. The minimum absolute atomic E-state index is 0.0647. The van der Waals surface area contributed by atoms with E-state index in [1.807, 2.05) is 31.2 Å². The first-order valence-electron chi connectivity index (χ1n) is 7.33. The first-order chi connectivity index (χ1) is 10.1. The van der Waals surface area contributed by atoms with Crippen molar-refractivity contribution < 1.29 is 14.3 Å². The van der Waals surface area contributed by atoms with Crippen LogP contribution in [-0.2, 0) is 14.3 Å². The number of esters is 1. The Morgan fingerprint density at radius 2 is 2.33 bits per heavy atom. The lowest BCUT2D eigenvalue weighted by Gasteiger charge is -2.39. The number of hydrogen-bond donors (Lipinski definition) is 1. The molecule has 1 aliphatic carbocycles. The molecule has 2 rings (SSSR count). The van der Waals surface area contributed by atoms with Crippen LogP contribution < -0.4 is 5.32 Å². The summed E-state index contributed by atoms with van der Waals surface area (Å²) in [5.41, 5.74) is 0.0897. The molecule has 0 saturated heterocycles. The van der Waals surface area contributed by atoms with Crippen molar-refractivity contribution in [3.05, 3.63) is 29.3 Å². The summed E-state index contributed by atoms with van der Waals surface area (Å²) in [7, 11) is 1.69. The molecule has 4 nitrogen and oxygen atoms in total. The molecular weight excluding hydrogens is 290 g/mol. The van der Waals surface area contributed by atoms with Crippen LogP contribution in [0.3, 0.4) is 0 Å². The van der Waals surface area contributed by atoms with Crippen molar-refractivity contribution in [2.75, 3.05) is 19.0 Å². The van der Waals surface area contributed by atoms with Gasteiger partial charge in [0.05, 0.1) is 12.7 Å². The zero-order valence-corrected chi connectivity index (χ0v) is 13.3. The molecule has 0 heterocycles. The minimum atomic E-state index is -0.736. The van der Waals surface area contributed by atoms with Crippen molar-refractivity contribution in [2.45, 2.75) is 44.2 Å². The molecule has 1 saturated carbocycles. The van der Waals surface area contributed by atoms with Crippen molar-refractivity contribution in [1.29, 1.82) is 0 Å². The molecule has 1 aromatic rings. The molecule has 0 spiro atoms. The van der Waals surface area contributed by atoms with Gasteiger partial charge in [0.1, 0.15) is 5.54 Å². The second kappa shape index (κ2) is 7.14. The fraction of sp³-hybridized carbons (Fsp3) is 0.562. The van der Waals surface area contributed by atoms with E-state index < -0.39 is 5.54 Å². The first-order valence-corrected chi connectivity index (χ1v) is 7.71. The summed E-state index contributed by atoms with van der Waals surface area (Å²) < 4.78 is 10.8.